The summed E-state index contributed by atoms with van der Waals surface area (Å²) in [7, 11) is -5.66. The molecule has 17 heavy (non-hydrogen) atoms. The minimum atomic E-state index is -5.66. The molecule has 0 spiro atoms. The molecule has 0 unspecified atom stereocenters. The van der Waals surface area contributed by atoms with Crippen LogP contribution in [0.2, 0.25) is 0 Å². The van der Waals surface area contributed by atoms with Crippen molar-refractivity contribution < 1.29 is 30.2 Å². The molecule has 0 aliphatic heterocycles. The monoisotopic (exact) mass is 267 g/mol. The predicted molar refractivity (Wildman–Crippen MR) is 49.6 cm³/mol. The van der Waals surface area contributed by atoms with E-state index in [0.717, 1.165) is 18.5 Å². The van der Waals surface area contributed by atoms with E-state index in [4.69, 9.17) is 4.42 Å². The SMILES string of the molecule is O=S(=O)(Oc1ccc2ncoc2c1)C(F)(F)F. The highest BCUT2D eigenvalue weighted by Gasteiger charge is 2.48. The Morgan fingerprint density at radius 2 is 2.00 bits per heavy atom. The van der Waals surface area contributed by atoms with E-state index in [1.165, 1.54) is 6.07 Å². The summed E-state index contributed by atoms with van der Waals surface area (Å²) in [4.78, 5) is 3.71. The van der Waals surface area contributed by atoms with Crippen molar-refractivity contribution >= 4 is 21.2 Å². The Labute approximate surface area is 92.9 Å². The summed E-state index contributed by atoms with van der Waals surface area (Å²) in [6, 6.07) is 3.33. The number of hydrogen-bond acceptors (Lipinski definition) is 5. The van der Waals surface area contributed by atoms with E-state index in [-0.39, 0.29) is 5.58 Å². The molecule has 1 heterocycles. The molecular formula is C8H4F3NO4S. The highest BCUT2D eigenvalue weighted by Crippen LogP contribution is 2.28. The number of fused-ring (bicyclic) bond motifs is 1. The van der Waals surface area contributed by atoms with Crippen molar-refractivity contribution in [1.29, 1.82) is 0 Å². The van der Waals surface area contributed by atoms with Gasteiger partial charge in [0.25, 0.3) is 0 Å². The molecule has 0 amide bonds. The van der Waals surface area contributed by atoms with Gasteiger partial charge >= 0.3 is 15.6 Å². The zero-order valence-electron chi connectivity index (χ0n) is 7.93. The van der Waals surface area contributed by atoms with Gasteiger partial charge in [-0.2, -0.15) is 21.6 Å². The van der Waals surface area contributed by atoms with Crippen molar-refractivity contribution in [2.24, 2.45) is 0 Å². The third-order valence-corrected chi connectivity index (χ3v) is 2.77. The fourth-order valence-corrected chi connectivity index (χ4v) is 1.51. The van der Waals surface area contributed by atoms with Gasteiger partial charge in [0.05, 0.1) is 0 Å². The van der Waals surface area contributed by atoms with Crippen LogP contribution in [0.25, 0.3) is 11.1 Å². The van der Waals surface area contributed by atoms with E-state index in [1.54, 1.807) is 0 Å². The van der Waals surface area contributed by atoms with Crippen LogP contribution in [-0.2, 0) is 10.1 Å². The van der Waals surface area contributed by atoms with Crippen LogP contribution in [0.3, 0.4) is 0 Å². The number of rotatable bonds is 2. The number of oxazole rings is 1. The summed E-state index contributed by atoms with van der Waals surface area (Å²) < 4.78 is 66.2. The van der Waals surface area contributed by atoms with Gasteiger partial charge in [-0.1, -0.05) is 0 Å². The molecule has 0 saturated heterocycles. The van der Waals surface area contributed by atoms with Crippen molar-refractivity contribution in [3.05, 3.63) is 24.6 Å². The smallest absolute Gasteiger partial charge is 0.443 e. The number of alkyl halides is 3. The van der Waals surface area contributed by atoms with Crippen molar-refractivity contribution in [3.8, 4) is 5.75 Å². The Bertz CT molecular complexity index is 646. The molecule has 2 rings (SSSR count). The minimum Gasteiger partial charge on any atom is -0.443 e. The van der Waals surface area contributed by atoms with Crippen LogP contribution in [0.5, 0.6) is 5.75 Å². The zero-order chi connectivity index (χ0) is 12.7. The van der Waals surface area contributed by atoms with Crippen molar-refractivity contribution in [2.45, 2.75) is 5.51 Å². The summed E-state index contributed by atoms with van der Waals surface area (Å²) in [6.45, 7) is 0. The topological polar surface area (TPSA) is 69.4 Å². The lowest BCUT2D eigenvalue weighted by atomic mass is 10.3. The number of nitrogens with zero attached hydrogens (tertiary/aromatic N) is 1. The first-order valence-corrected chi connectivity index (χ1v) is 5.54. The Balaban J connectivity index is 2.36. The second-order valence-electron chi connectivity index (χ2n) is 2.97. The van der Waals surface area contributed by atoms with Gasteiger partial charge in [0.2, 0.25) is 0 Å². The van der Waals surface area contributed by atoms with Crippen molar-refractivity contribution in [3.63, 3.8) is 0 Å². The molecule has 0 N–H and O–H groups in total. The maximum atomic E-state index is 12.0. The summed E-state index contributed by atoms with van der Waals surface area (Å²) in [6.07, 6.45) is 1.08. The molecule has 92 valence electrons. The Kier molecular flexibility index (Phi) is 2.49. The van der Waals surface area contributed by atoms with Crippen LogP contribution in [0.15, 0.2) is 29.0 Å². The van der Waals surface area contributed by atoms with E-state index >= 15 is 0 Å². The first-order valence-electron chi connectivity index (χ1n) is 4.13. The molecule has 2 aromatic rings. The minimum absolute atomic E-state index is 0.125. The molecule has 9 heteroatoms. The molecule has 0 bridgehead atoms. The molecule has 1 aromatic carbocycles. The Hall–Kier alpha value is -1.77. The standard InChI is InChI=1S/C8H4F3NO4S/c9-8(10,11)17(13,14)16-5-1-2-6-7(3-5)15-4-12-6/h1-4H. The zero-order valence-corrected chi connectivity index (χ0v) is 8.75. The van der Waals surface area contributed by atoms with Crippen LogP contribution >= 0.6 is 0 Å². The first kappa shape index (κ1) is 11.7. The second kappa shape index (κ2) is 3.62. The molecule has 0 fully saturated rings. The third-order valence-electron chi connectivity index (χ3n) is 1.79. The van der Waals surface area contributed by atoms with Crippen molar-refractivity contribution in [1.82, 2.24) is 4.98 Å². The lowest BCUT2D eigenvalue weighted by Gasteiger charge is -2.08. The van der Waals surface area contributed by atoms with E-state index < -0.39 is 21.4 Å². The fourth-order valence-electron chi connectivity index (χ4n) is 1.06. The maximum Gasteiger partial charge on any atom is 0.534 e. The predicted octanol–water partition coefficient (Wildman–Crippen LogP) is 2.06. The van der Waals surface area contributed by atoms with Crippen LogP contribution in [0, 0.1) is 0 Å². The quantitative estimate of drug-likeness (QED) is 0.615. The largest absolute Gasteiger partial charge is 0.534 e. The second-order valence-corrected chi connectivity index (χ2v) is 4.50. The third kappa shape index (κ3) is 2.18. The Morgan fingerprint density at radius 1 is 1.29 bits per heavy atom. The fraction of sp³-hybridized carbons (Fsp3) is 0.125. The van der Waals surface area contributed by atoms with Crippen molar-refractivity contribution in [2.75, 3.05) is 0 Å². The lowest BCUT2D eigenvalue weighted by Crippen LogP contribution is -2.28. The van der Waals surface area contributed by atoms with Gasteiger partial charge in [0.15, 0.2) is 12.0 Å². The summed E-state index contributed by atoms with van der Waals surface area (Å²) in [5, 5.41) is 0. The Morgan fingerprint density at radius 3 is 2.65 bits per heavy atom. The average Bonchev–Trinajstić information content (AvgIpc) is 2.62. The number of hydrogen-bond donors (Lipinski definition) is 0. The van der Waals surface area contributed by atoms with Gasteiger partial charge in [-0.05, 0) is 12.1 Å². The molecule has 0 saturated carbocycles. The maximum absolute atomic E-state index is 12.0. The van der Waals surface area contributed by atoms with Crippen LogP contribution in [0.1, 0.15) is 0 Å². The number of halogens is 3. The van der Waals surface area contributed by atoms with E-state index in [9.17, 15) is 21.6 Å². The molecule has 0 radical (unpaired) electrons. The van der Waals surface area contributed by atoms with Crippen LogP contribution < -0.4 is 4.18 Å². The molecule has 1 aromatic heterocycles. The number of aromatic nitrogens is 1. The van der Waals surface area contributed by atoms with E-state index in [2.05, 4.69) is 9.17 Å². The van der Waals surface area contributed by atoms with Crippen LogP contribution in [0.4, 0.5) is 13.2 Å². The average molecular weight is 267 g/mol. The number of benzene rings is 1. The van der Waals surface area contributed by atoms with Gasteiger partial charge in [-0.3, -0.25) is 0 Å². The molecular weight excluding hydrogens is 263 g/mol. The first-order chi connectivity index (χ1) is 7.79. The highest BCUT2D eigenvalue weighted by molar-refractivity contribution is 7.88. The summed E-state index contributed by atoms with van der Waals surface area (Å²) in [5.74, 6) is -0.494. The van der Waals surface area contributed by atoms with Crippen LogP contribution in [-0.4, -0.2) is 18.9 Å². The molecule has 5 nitrogen and oxygen atoms in total. The van der Waals surface area contributed by atoms with Gasteiger partial charge in [-0.25, -0.2) is 4.98 Å². The molecule has 0 atom stereocenters. The highest BCUT2D eigenvalue weighted by atomic mass is 32.2. The summed E-state index contributed by atoms with van der Waals surface area (Å²) in [5.41, 5.74) is -4.97. The molecule has 0 aliphatic rings. The lowest BCUT2D eigenvalue weighted by molar-refractivity contribution is -0.0500. The van der Waals surface area contributed by atoms with E-state index in [1.807, 2.05) is 0 Å². The van der Waals surface area contributed by atoms with Gasteiger partial charge in [0.1, 0.15) is 11.3 Å². The van der Waals surface area contributed by atoms with E-state index in [0.29, 0.717) is 5.52 Å². The van der Waals surface area contributed by atoms with Gasteiger partial charge < -0.3 is 8.60 Å². The normalized spacial score (nSPS) is 12.9. The van der Waals surface area contributed by atoms with Gasteiger partial charge in [0, 0.05) is 6.07 Å². The summed E-state index contributed by atoms with van der Waals surface area (Å²) >= 11 is 0. The van der Waals surface area contributed by atoms with Gasteiger partial charge in [-0.15, -0.1) is 0 Å². The molecule has 0 aliphatic carbocycles.